The Morgan fingerprint density at radius 2 is 1.82 bits per heavy atom. The predicted octanol–water partition coefficient (Wildman–Crippen LogP) is 2.74. The van der Waals surface area contributed by atoms with Crippen molar-refractivity contribution >= 4 is 5.96 Å². The van der Waals surface area contributed by atoms with Gasteiger partial charge in [-0.1, -0.05) is 36.4 Å². The molecule has 2 N–H and O–H groups in total. The molecule has 0 aliphatic carbocycles. The number of fused-ring (bicyclic) bond motifs is 1. The SMILES string of the molecule is CN=C(NCc1ccc2c(c1)OCO2)NC1CCN(Cc2ccccc2)CC1. The summed E-state index contributed by atoms with van der Waals surface area (Å²) >= 11 is 0. The molecule has 0 unspecified atom stereocenters. The first-order valence-electron chi connectivity index (χ1n) is 9.92. The van der Waals surface area contributed by atoms with Gasteiger partial charge in [-0.05, 0) is 36.1 Å². The fourth-order valence-corrected chi connectivity index (χ4v) is 3.70. The monoisotopic (exact) mass is 380 g/mol. The van der Waals surface area contributed by atoms with Crippen molar-refractivity contribution in [3.05, 3.63) is 59.7 Å². The van der Waals surface area contributed by atoms with Gasteiger partial charge in [-0.15, -0.1) is 0 Å². The Bertz CT molecular complexity index is 801. The molecule has 0 radical (unpaired) electrons. The number of hydrogen-bond acceptors (Lipinski definition) is 4. The molecular formula is C22H28N4O2. The average Bonchev–Trinajstić information content (AvgIpc) is 3.21. The van der Waals surface area contributed by atoms with Gasteiger partial charge in [0.15, 0.2) is 17.5 Å². The van der Waals surface area contributed by atoms with Gasteiger partial charge in [0, 0.05) is 39.3 Å². The maximum Gasteiger partial charge on any atom is 0.231 e. The van der Waals surface area contributed by atoms with E-state index in [1.54, 1.807) is 0 Å². The van der Waals surface area contributed by atoms with E-state index in [0.29, 0.717) is 19.4 Å². The number of hydrogen-bond donors (Lipinski definition) is 2. The van der Waals surface area contributed by atoms with E-state index in [4.69, 9.17) is 9.47 Å². The minimum Gasteiger partial charge on any atom is -0.454 e. The third-order valence-corrected chi connectivity index (χ3v) is 5.30. The van der Waals surface area contributed by atoms with Crippen LogP contribution in [-0.2, 0) is 13.1 Å². The molecule has 148 valence electrons. The quantitative estimate of drug-likeness (QED) is 0.617. The third kappa shape index (κ3) is 4.75. The normalized spacial score (nSPS) is 17.5. The van der Waals surface area contributed by atoms with Crippen LogP contribution in [0.15, 0.2) is 53.5 Å². The van der Waals surface area contributed by atoms with Crippen LogP contribution >= 0.6 is 0 Å². The van der Waals surface area contributed by atoms with E-state index < -0.39 is 0 Å². The second-order valence-electron chi connectivity index (χ2n) is 7.29. The largest absolute Gasteiger partial charge is 0.454 e. The predicted molar refractivity (Wildman–Crippen MR) is 111 cm³/mol. The zero-order chi connectivity index (χ0) is 19.2. The van der Waals surface area contributed by atoms with Crippen LogP contribution in [0.1, 0.15) is 24.0 Å². The standard InChI is InChI=1S/C22H28N4O2/c1-23-22(24-14-18-7-8-20-21(13-18)28-16-27-20)25-19-9-11-26(12-10-19)15-17-5-3-2-4-6-17/h2-8,13,19H,9-12,14-16H2,1H3,(H2,23,24,25). The summed E-state index contributed by atoms with van der Waals surface area (Å²) in [6.45, 7) is 4.24. The van der Waals surface area contributed by atoms with Crippen molar-refractivity contribution in [2.24, 2.45) is 4.99 Å². The third-order valence-electron chi connectivity index (χ3n) is 5.30. The Balaban J connectivity index is 1.22. The molecule has 2 aliphatic heterocycles. The number of nitrogens with zero attached hydrogens (tertiary/aromatic N) is 2. The second kappa shape index (κ2) is 8.97. The molecule has 1 saturated heterocycles. The van der Waals surface area contributed by atoms with Crippen molar-refractivity contribution in [3.8, 4) is 11.5 Å². The lowest BCUT2D eigenvalue weighted by Gasteiger charge is -2.33. The Morgan fingerprint density at radius 3 is 2.61 bits per heavy atom. The van der Waals surface area contributed by atoms with Gasteiger partial charge in [-0.3, -0.25) is 9.89 Å². The van der Waals surface area contributed by atoms with E-state index in [1.165, 1.54) is 5.56 Å². The molecule has 4 rings (SSSR count). The number of rotatable bonds is 5. The Kier molecular flexibility index (Phi) is 5.97. The van der Waals surface area contributed by atoms with Gasteiger partial charge in [-0.2, -0.15) is 0 Å². The van der Waals surface area contributed by atoms with Crippen LogP contribution in [0.2, 0.25) is 0 Å². The van der Waals surface area contributed by atoms with Crippen molar-refractivity contribution in [2.45, 2.75) is 32.0 Å². The number of piperidine rings is 1. The molecule has 2 aromatic rings. The molecule has 2 aliphatic rings. The van der Waals surface area contributed by atoms with E-state index in [2.05, 4.69) is 56.9 Å². The lowest BCUT2D eigenvalue weighted by atomic mass is 10.0. The Hall–Kier alpha value is -2.73. The van der Waals surface area contributed by atoms with Crippen molar-refractivity contribution in [1.82, 2.24) is 15.5 Å². The van der Waals surface area contributed by atoms with E-state index in [9.17, 15) is 0 Å². The molecule has 0 atom stereocenters. The molecule has 0 saturated carbocycles. The zero-order valence-electron chi connectivity index (χ0n) is 16.4. The molecule has 0 bridgehead atoms. The molecule has 6 heteroatoms. The number of benzene rings is 2. The van der Waals surface area contributed by atoms with E-state index in [-0.39, 0.29) is 0 Å². The van der Waals surface area contributed by atoms with Crippen LogP contribution in [0.4, 0.5) is 0 Å². The summed E-state index contributed by atoms with van der Waals surface area (Å²) < 4.78 is 10.8. The molecular weight excluding hydrogens is 352 g/mol. The highest BCUT2D eigenvalue weighted by molar-refractivity contribution is 5.80. The number of guanidine groups is 1. The number of nitrogens with one attached hydrogen (secondary N) is 2. The maximum atomic E-state index is 5.45. The topological polar surface area (TPSA) is 58.1 Å². The zero-order valence-corrected chi connectivity index (χ0v) is 16.4. The van der Waals surface area contributed by atoms with Gasteiger partial charge < -0.3 is 20.1 Å². The summed E-state index contributed by atoms with van der Waals surface area (Å²) in [5, 5.41) is 6.97. The summed E-state index contributed by atoms with van der Waals surface area (Å²) in [6.07, 6.45) is 2.25. The highest BCUT2D eigenvalue weighted by Gasteiger charge is 2.20. The smallest absolute Gasteiger partial charge is 0.231 e. The van der Waals surface area contributed by atoms with Crippen molar-refractivity contribution in [1.29, 1.82) is 0 Å². The lowest BCUT2D eigenvalue weighted by molar-refractivity contribution is 0.174. The molecule has 6 nitrogen and oxygen atoms in total. The van der Waals surface area contributed by atoms with Crippen LogP contribution in [0.25, 0.3) is 0 Å². The lowest BCUT2D eigenvalue weighted by Crippen LogP contribution is -2.48. The Morgan fingerprint density at radius 1 is 1.04 bits per heavy atom. The summed E-state index contributed by atoms with van der Waals surface area (Å²) in [7, 11) is 1.82. The van der Waals surface area contributed by atoms with Crippen LogP contribution in [0.5, 0.6) is 11.5 Å². The van der Waals surface area contributed by atoms with Gasteiger partial charge >= 0.3 is 0 Å². The average molecular weight is 380 g/mol. The van der Waals surface area contributed by atoms with Crippen LogP contribution < -0.4 is 20.1 Å². The first kappa shape index (κ1) is 18.6. The van der Waals surface area contributed by atoms with Crippen molar-refractivity contribution in [3.63, 3.8) is 0 Å². The molecule has 0 amide bonds. The molecule has 0 spiro atoms. The first-order chi connectivity index (χ1) is 13.8. The van der Waals surface area contributed by atoms with Gasteiger partial charge in [0.1, 0.15) is 0 Å². The van der Waals surface area contributed by atoms with Crippen molar-refractivity contribution < 1.29 is 9.47 Å². The summed E-state index contributed by atoms with van der Waals surface area (Å²) in [6, 6.07) is 17.2. The van der Waals surface area contributed by atoms with Crippen molar-refractivity contribution in [2.75, 3.05) is 26.9 Å². The van der Waals surface area contributed by atoms with E-state index in [0.717, 1.165) is 55.5 Å². The van der Waals surface area contributed by atoms with Crippen LogP contribution in [0, 0.1) is 0 Å². The molecule has 2 heterocycles. The van der Waals surface area contributed by atoms with E-state index >= 15 is 0 Å². The maximum absolute atomic E-state index is 5.45. The molecule has 1 fully saturated rings. The first-order valence-corrected chi connectivity index (χ1v) is 9.92. The van der Waals surface area contributed by atoms with Crippen LogP contribution in [-0.4, -0.2) is 43.8 Å². The minimum atomic E-state index is 0.304. The summed E-state index contributed by atoms with van der Waals surface area (Å²) in [5.74, 6) is 2.47. The summed E-state index contributed by atoms with van der Waals surface area (Å²) in [4.78, 5) is 6.91. The van der Waals surface area contributed by atoms with Gasteiger partial charge in [0.05, 0.1) is 0 Å². The molecule has 2 aromatic carbocycles. The number of likely N-dealkylation sites (tertiary alicyclic amines) is 1. The van der Waals surface area contributed by atoms with E-state index in [1.807, 2.05) is 19.2 Å². The highest BCUT2D eigenvalue weighted by Crippen LogP contribution is 2.32. The minimum absolute atomic E-state index is 0.304. The second-order valence-corrected chi connectivity index (χ2v) is 7.29. The van der Waals surface area contributed by atoms with Crippen LogP contribution in [0.3, 0.4) is 0 Å². The Labute approximate surface area is 166 Å². The highest BCUT2D eigenvalue weighted by atomic mass is 16.7. The van der Waals surface area contributed by atoms with Gasteiger partial charge in [0.2, 0.25) is 6.79 Å². The number of aliphatic imine (C=N–C) groups is 1. The fourth-order valence-electron chi connectivity index (χ4n) is 3.70. The molecule has 28 heavy (non-hydrogen) atoms. The summed E-state index contributed by atoms with van der Waals surface area (Å²) in [5.41, 5.74) is 2.53. The molecule has 0 aromatic heterocycles. The van der Waals surface area contributed by atoms with Gasteiger partial charge in [0.25, 0.3) is 0 Å². The van der Waals surface area contributed by atoms with Gasteiger partial charge in [-0.25, -0.2) is 0 Å². The fraction of sp³-hybridized carbons (Fsp3) is 0.409. The number of ether oxygens (including phenoxy) is 2.